The molecule has 1 aliphatic carbocycles. The van der Waals surface area contributed by atoms with Crippen molar-refractivity contribution in [3.05, 3.63) is 0 Å². The Morgan fingerprint density at radius 1 is 1.33 bits per heavy atom. The lowest BCUT2D eigenvalue weighted by molar-refractivity contribution is -0.200. The van der Waals surface area contributed by atoms with Gasteiger partial charge in [-0.05, 0) is 0 Å². The van der Waals surface area contributed by atoms with Crippen molar-refractivity contribution in [3.8, 4) is 0 Å². The Kier molecular flexibility index (Phi) is 3.51. The number of esters is 2. The smallest absolute Gasteiger partial charge is 0.303 e. The maximum atomic E-state index is 11.1. The zero-order valence-corrected chi connectivity index (χ0v) is 10.2. The van der Waals surface area contributed by atoms with Crippen molar-refractivity contribution in [1.29, 1.82) is 0 Å². The fourth-order valence-corrected chi connectivity index (χ4v) is 2.39. The lowest BCUT2D eigenvalue weighted by atomic mass is 9.72. The van der Waals surface area contributed by atoms with Crippen LogP contribution in [-0.2, 0) is 23.8 Å². The summed E-state index contributed by atoms with van der Waals surface area (Å²) in [5, 5.41) is 12.0. The Balaban J connectivity index is 2.15. The molecule has 2 rings (SSSR count). The van der Waals surface area contributed by atoms with E-state index in [1.807, 2.05) is 0 Å². The predicted molar refractivity (Wildman–Crippen MR) is 58.2 cm³/mol. The van der Waals surface area contributed by atoms with Crippen LogP contribution in [0.5, 0.6) is 0 Å². The van der Waals surface area contributed by atoms with E-state index in [0.29, 0.717) is 12.1 Å². The van der Waals surface area contributed by atoms with Gasteiger partial charge in [-0.15, -0.1) is 0 Å². The normalized spacial score (nSPS) is 36.4. The Labute approximate surface area is 104 Å². The first kappa shape index (κ1) is 12.8. The highest BCUT2D eigenvalue weighted by molar-refractivity contribution is 5.94. The summed E-state index contributed by atoms with van der Waals surface area (Å²) in [4.78, 5) is 22.1. The third-order valence-electron chi connectivity index (χ3n) is 3.14. The average Bonchev–Trinajstić information content (AvgIpc) is 2.22. The van der Waals surface area contributed by atoms with E-state index in [-0.39, 0.29) is 18.6 Å². The minimum atomic E-state index is -0.662. The van der Waals surface area contributed by atoms with Gasteiger partial charge in [-0.3, -0.25) is 9.59 Å². The van der Waals surface area contributed by atoms with Crippen molar-refractivity contribution in [2.45, 2.75) is 38.6 Å². The standard InChI is InChI=1S/C11H15NO6/c1-5(13)17-9-4-16-8-3-7(12-15)10(8)11(9)18-6(2)14/h8-11,15H,3-4H2,1-2H3/b12-7+/t8-,9+,10+,11+/m0/s1. The number of rotatable bonds is 2. The molecule has 2 aliphatic rings. The highest BCUT2D eigenvalue weighted by atomic mass is 16.6. The molecule has 1 heterocycles. The van der Waals surface area contributed by atoms with Crippen LogP contribution >= 0.6 is 0 Å². The first-order valence-electron chi connectivity index (χ1n) is 5.69. The van der Waals surface area contributed by atoms with Gasteiger partial charge in [0.1, 0.15) is 0 Å². The summed E-state index contributed by atoms with van der Waals surface area (Å²) in [6.07, 6.45) is -0.951. The molecule has 0 unspecified atom stereocenters. The summed E-state index contributed by atoms with van der Waals surface area (Å²) in [5.41, 5.74) is 0.503. The van der Waals surface area contributed by atoms with Gasteiger partial charge in [-0.25, -0.2) is 0 Å². The van der Waals surface area contributed by atoms with E-state index >= 15 is 0 Å². The number of hydrogen-bond donors (Lipinski definition) is 1. The number of oxime groups is 1. The molecule has 2 fully saturated rings. The second-order valence-electron chi connectivity index (χ2n) is 4.41. The second kappa shape index (κ2) is 4.93. The van der Waals surface area contributed by atoms with Crippen molar-refractivity contribution in [2.24, 2.45) is 11.1 Å². The number of carbonyl (C=O) groups is 2. The van der Waals surface area contributed by atoms with Crippen molar-refractivity contribution in [3.63, 3.8) is 0 Å². The van der Waals surface area contributed by atoms with Crippen LogP contribution in [0.2, 0.25) is 0 Å². The summed E-state index contributed by atoms with van der Waals surface area (Å²) in [6.45, 7) is 2.74. The van der Waals surface area contributed by atoms with E-state index in [2.05, 4.69) is 5.16 Å². The molecule has 0 radical (unpaired) electrons. The summed E-state index contributed by atoms with van der Waals surface area (Å²) >= 11 is 0. The van der Waals surface area contributed by atoms with Gasteiger partial charge in [-0.1, -0.05) is 5.16 Å². The topological polar surface area (TPSA) is 94.4 Å². The van der Waals surface area contributed by atoms with Crippen LogP contribution in [0.15, 0.2) is 5.16 Å². The first-order chi connectivity index (χ1) is 8.52. The van der Waals surface area contributed by atoms with Crippen molar-refractivity contribution in [1.82, 2.24) is 0 Å². The fourth-order valence-electron chi connectivity index (χ4n) is 2.39. The molecule has 0 aromatic carbocycles. The number of ether oxygens (including phenoxy) is 3. The van der Waals surface area contributed by atoms with Gasteiger partial charge >= 0.3 is 11.9 Å². The molecule has 18 heavy (non-hydrogen) atoms. The van der Waals surface area contributed by atoms with Crippen LogP contribution in [0.25, 0.3) is 0 Å². The van der Waals surface area contributed by atoms with Crippen LogP contribution in [-0.4, -0.2) is 47.8 Å². The predicted octanol–water partition coefficient (Wildman–Crippen LogP) is 0.0987. The van der Waals surface area contributed by atoms with E-state index < -0.39 is 24.1 Å². The zero-order chi connectivity index (χ0) is 13.3. The van der Waals surface area contributed by atoms with Crippen molar-refractivity contribution in [2.75, 3.05) is 6.61 Å². The van der Waals surface area contributed by atoms with E-state index in [1.165, 1.54) is 13.8 Å². The largest absolute Gasteiger partial charge is 0.458 e. The third kappa shape index (κ3) is 2.31. The zero-order valence-electron chi connectivity index (χ0n) is 10.2. The number of fused-ring (bicyclic) bond motifs is 1. The van der Waals surface area contributed by atoms with Crippen LogP contribution in [0.3, 0.4) is 0 Å². The number of hydrogen-bond acceptors (Lipinski definition) is 7. The Morgan fingerprint density at radius 2 is 2.00 bits per heavy atom. The fraction of sp³-hybridized carbons (Fsp3) is 0.727. The van der Waals surface area contributed by atoms with E-state index in [9.17, 15) is 9.59 Å². The molecule has 1 saturated heterocycles. The SMILES string of the molecule is CC(=O)O[C@H]1[C@@H]2/C(=N/O)C[C@@H]2OC[C@H]1OC(C)=O. The minimum Gasteiger partial charge on any atom is -0.458 e. The maximum absolute atomic E-state index is 11.1. The Bertz CT molecular complexity index is 393. The molecule has 4 atom stereocenters. The molecule has 100 valence electrons. The second-order valence-corrected chi connectivity index (χ2v) is 4.41. The molecule has 0 spiro atoms. The van der Waals surface area contributed by atoms with Gasteiger partial charge in [0.2, 0.25) is 0 Å². The molecule has 1 saturated carbocycles. The molecule has 0 aromatic heterocycles. The third-order valence-corrected chi connectivity index (χ3v) is 3.14. The van der Waals surface area contributed by atoms with Gasteiger partial charge in [0, 0.05) is 20.3 Å². The minimum absolute atomic E-state index is 0.146. The van der Waals surface area contributed by atoms with Crippen LogP contribution in [0.4, 0.5) is 0 Å². The molecular formula is C11H15NO6. The molecule has 1 N–H and O–H groups in total. The van der Waals surface area contributed by atoms with Gasteiger partial charge in [0.15, 0.2) is 12.2 Å². The highest BCUT2D eigenvalue weighted by Crippen LogP contribution is 2.38. The van der Waals surface area contributed by atoms with E-state index in [1.54, 1.807) is 0 Å². The first-order valence-corrected chi connectivity index (χ1v) is 5.69. The molecule has 0 amide bonds. The molecule has 7 nitrogen and oxygen atoms in total. The van der Waals surface area contributed by atoms with Crippen molar-refractivity contribution < 1.29 is 29.0 Å². The summed E-state index contributed by atoms with van der Waals surface area (Å²) in [7, 11) is 0. The lowest BCUT2D eigenvalue weighted by Crippen LogP contribution is -2.61. The highest BCUT2D eigenvalue weighted by Gasteiger charge is 2.53. The van der Waals surface area contributed by atoms with Gasteiger partial charge < -0.3 is 19.4 Å². The van der Waals surface area contributed by atoms with Crippen LogP contribution in [0.1, 0.15) is 20.3 Å². The van der Waals surface area contributed by atoms with E-state index in [0.717, 1.165) is 0 Å². The number of nitrogens with zero attached hydrogens (tertiary/aromatic N) is 1. The molecule has 0 aromatic rings. The summed E-state index contributed by atoms with van der Waals surface area (Å²) in [5.74, 6) is -1.28. The Morgan fingerprint density at radius 3 is 2.56 bits per heavy atom. The summed E-state index contributed by atoms with van der Waals surface area (Å²) in [6, 6.07) is 0. The monoisotopic (exact) mass is 257 g/mol. The average molecular weight is 257 g/mol. The molecule has 1 aliphatic heterocycles. The summed E-state index contributed by atoms with van der Waals surface area (Å²) < 4.78 is 15.7. The maximum Gasteiger partial charge on any atom is 0.303 e. The van der Waals surface area contributed by atoms with Gasteiger partial charge in [0.05, 0.1) is 24.3 Å². The quantitative estimate of drug-likeness (QED) is 0.428. The number of carbonyl (C=O) groups excluding carboxylic acids is 2. The molecule has 7 heteroatoms. The molecule has 0 bridgehead atoms. The van der Waals surface area contributed by atoms with E-state index in [4.69, 9.17) is 19.4 Å². The van der Waals surface area contributed by atoms with Crippen LogP contribution in [0, 0.1) is 5.92 Å². The van der Waals surface area contributed by atoms with Crippen LogP contribution < -0.4 is 0 Å². The lowest BCUT2D eigenvalue weighted by Gasteiger charge is -2.47. The molecular weight excluding hydrogens is 242 g/mol. The van der Waals surface area contributed by atoms with Crippen molar-refractivity contribution >= 4 is 17.7 Å². The van der Waals surface area contributed by atoms with Gasteiger partial charge in [0.25, 0.3) is 0 Å². The Hall–Kier alpha value is -1.63. The van der Waals surface area contributed by atoms with Gasteiger partial charge in [-0.2, -0.15) is 0 Å².